The van der Waals surface area contributed by atoms with E-state index in [0.29, 0.717) is 0 Å². The molecule has 0 saturated carbocycles. The molecule has 3 atom stereocenters. The second-order valence-electron chi connectivity index (χ2n) is 6.96. The molecule has 142 valence electrons. The number of nitrogens with zero attached hydrogens (tertiary/aromatic N) is 4. The first-order valence-electron chi connectivity index (χ1n) is 8.03. The number of aliphatic hydroxyl groups is 2. The molecular formula is C16H20BN5O5. The van der Waals surface area contributed by atoms with Crippen LogP contribution in [-0.2, 0) is 14.3 Å². The molecule has 0 amide bonds. The molecule has 0 unspecified atom stereocenters. The van der Waals surface area contributed by atoms with Crippen LogP contribution in [0.25, 0.3) is 5.52 Å². The Hall–Kier alpha value is -2.84. The number of carbonyl (C=O) groups is 1. The number of fused-ring (bicyclic) bond motifs is 1. The molecule has 2 radical (unpaired) electrons. The van der Waals surface area contributed by atoms with Crippen LogP contribution in [0.1, 0.15) is 32.6 Å². The normalized spacial score (nSPS) is 15.0. The molecule has 11 heteroatoms. The van der Waals surface area contributed by atoms with Gasteiger partial charge in [-0.3, -0.25) is 4.79 Å². The standard InChI is InChI=1S/C16H20BN5O5/c1-16(2,3)15(25)26-5-10(27-6-18)13(24)12(23)9-4-8(17)11-14(19)20-7-21-22(9)11/h4,7,10,12-13,23-24H,5H2,1-3H3,(H2,19,20,21)/t10-,12+,13-/m1/s1. The summed E-state index contributed by atoms with van der Waals surface area (Å²) in [6.07, 6.45) is -1.89. The van der Waals surface area contributed by atoms with Crippen molar-refractivity contribution in [3.8, 4) is 6.26 Å². The number of esters is 1. The summed E-state index contributed by atoms with van der Waals surface area (Å²) in [4.78, 5) is 15.7. The largest absolute Gasteiger partial charge is 0.461 e. The molecule has 0 aliphatic heterocycles. The predicted molar refractivity (Wildman–Crippen MR) is 94.7 cm³/mol. The Morgan fingerprint density at radius 2 is 2.15 bits per heavy atom. The van der Waals surface area contributed by atoms with Crippen LogP contribution in [0.5, 0.6) is 0 Å². The highest BCUT2D eigenvalue weighted by Gasteiger charge is 2.34. The molecule has 0 aromatic carbocycles. The summed E-state index contributed by atoms with van der Waals surface area (Å²) in [5.41, 5.74) is 5.56. The van der Waals surface area contributed by atoms with E-state index in [1.165, 1.54) is 23.2 Å². The molecule has 0 aliphatic carbocycles. The fraction of sp³-hybridized carbons (Fsp3) is 0.500. The second-order valence-corrected chi connectivity index (χ2v) is 6.96. The molecule has 0 saturated heterocycles. The van der Waals surface area contributed by atoms with Crippen LogP contribution < -0.4 is 11.2 Å². The zero-order valence-corrected chi connectivity index (χ0v) is 15.2. The lowest BCUT2D eigenvalue weighted by Gasteiger charge is -2.25. The van der Waals surface area contributed by atoms with Crippen LogP contribution in [0.4, 0.5) is 5.82 Å². The zero-order valence-electron chi connectivity index (χ0n) is 15.2. The Balaban J connectivity index is 2.25. The maximum Gasteiger partial charge on any atom is 0.311 e. The predicted octanol–water partition coefficient (Wildman–Crippen LogP) is -1.04. The number of carbonyl (C=O) groups excluding carboxylic acids is 1. The number of ether oxygens (including phenoxy) is 2. The summed E-state index contributed by atoms with van der Waals surface area (Å²) in [6, 6.07) is 1.37. The number of hydrogen-bond acceptors (Lipinski definition) is 9. The van der Waals surface area contributed by atoms with Gasteiger partial charge in [-0.25, -0.2) is 9.50 Å². The first kappa shape index (κ1) is 20.5. The maximum atomic E-state index is 11.9. The van der Waals surface area contributed by atoms with E-state index < -0.39 is 36.3 Å². The van der Waals surface area contributed by atoms with Gasteiger partial charge in [-0.05, 0) is 26.8 Å². The van der Waals surface area contributed by atoms with E-state index in [9.17, 15) is 15.0 Å². The van der Waals surface area contributed by atoms with Gasteiger partial charge in [0.15, 0.2) is 11.9 Å². The SMILES string of the molecule is [B]c1cc([C@H](O)[C@H](O)[C@@H](COC(=O)C(C)(C)C)OC#N)n2ncnc(N)c12. The van der Waals surface area contributed by atoms with Crippen molar-refractivity contribution in [2.45, 2.75) is 39.1 Å². The Morgan fingerprint density at radius 1 is 1.48 bits per heavy atom. The van der Waals surface area contributed by atoms with E-state index in [2.05, 4.69) is 10.1 Å². The average Bonchev–Trinajstić information content (AvgIpc) is 2.94. The molecular weight excluding hydrogens is 353 g/mol. The average molecular weight is 373 g/mol. The third kappa shape index (κ3) is 4.29. The van der Waals surface area contributed by atoms with Gasteiger partial charge >= 0.3 is 5.97 Å². The van der Waals surface area contributed by atoms with Crippen molar-refractivity contribution in [2.75, 3.05) is 12.3 Å². The topological polar surface area (TPSA) is 156 Å². The highest BCUT2D eigenvalue weighted by molar-refractivity contribution is 6.37. The highest BCUT2D eigenvalue weighted by Crippen LogP contribution is 2.23. The lowest BCUT2D eigenvalue weighted by Crippen LogP contribution is -2.39. The van der Waals surface area contributed by atoms with Crippen molar-refractivity contribution in [1.29, 1.82) is 5.26 Å². The first-order chi connectivity index (χ1) is 12.6. The van der Waals surface area contributed by atoms with Gasteiger partial charge < -0.3 is 25.4 Å². The van der Waals surface area contributed by atoms with E-state index in [1.54, 1.807) is 20.8 Å². The minimum Gasteiger partial charge on any atom is -0.461 e. The molecule has 27 heavy (non-hydrogen) atoms. The summed E-state index contributed by atoms with van der Waals surface area (Å²) >= 11 is 0. The molecule has 0 fully saturated rings. The third-order valence-corrected chi connectivity index (χ3v) is 3.84. The fourth-order valence-corrected chi connectivity index (χ4v) is 2.36. The summed E-state index contributed by atoms with van der Waals surface area (Å²) < 4.78 is 11.1. The lowest BCUT2D eigenvalue weighted by atomic mass is 9.96. The number of hydrogen-bond donors (Lipinski definition) is 3. The number of nitriles is 1. The summed E-state index contributed by atoms with van der Waals surface area (Å²) in [6.45, 7) is 4.53. The first-order valence-corrected chi connectivity index (χ1v) is 8.03. The van der Waals surface area contributed by atoms with Crippen molar-refractivity contribution >= 4 is 30.6 Å². The fourth-order valence-electron chi connectivity index (χ4n) is 2.36. The maximum absolute atomic E-state index is 11.9. The molecule has 10 nitrogen and oxygen atoms in total. The van der Waals surface area contributed by atoms with Gasteiger partial charge in [-0.15, -0.1) is 0 Å². The number of nitrogen functional groups attached to an aromatic ring is 1. The Labute approximate surface area is 156 Å². The van der Waals surface area contributed by atoms with Crippen LogP contribution in [-0.4, -0.2) is 57.4 Å². The second kappa shape index (κ2) is 7.81. The zero-order chi connectivity index (χ0) is 20.4. The van der Waals surface area contributed by atoms with E-state index in [4.69, 9.17) is 28.3 Å². The van der Waals surface area contributed by atoms with Gasteiger partial charge in [0, 0.05) is 0 Å². The molecule has 2 rings (SSSR count). The highest BCUT2D eigenvalue weighted by atomic mass is 16.6. The Bertz CT molecular complexity index is 872. The van der Waals surface area contributed by atoms with Crippen LogP contribution in [0.2, 0.25) is 0 Å². The summed E-state index contributed by atoms with van der Waals surface area (Å²) in [7, 11) is 5.87. The van der Waals surface area contributed by atoms with Crippen molar-refractivity contribution in [1.82, 2.24) is 14.6 Å². The summed E-state index contributed by atoms with van der Waals surface area (Å²) in [5.74, 6) is -0.451. The Kier molecular flexibility index (Phi) is 5.93. The smallest absolute Gasteiger partial charge is 0.311 e. The van der Waals surface area contributed by atoms with Crippen molar-refractivity contribution < 1.29 is 24.5 Å². The number of aromatic nitrogens is 3. The Morgan fingerprint density at radius 3 is 2.74 bits per heavy atom. The van der Waals surface area contributed by atoms with E-state index in [1.807, 2.05) is 0 Å². The minimum atomic E-state index is -1.62. The monoisotopic (exact) mass is 373 g/mol. The van der Waals surface area contributed by atoms with Gasteiger partial charge in [0.2, 0.25) is 0 Å². The molecule has 2 aromatic rings. The van der Waals surface area contributed by atoms with E-state index >= 15 is 0 Å². The third-order valence-electron chi connectivity index (χ3n) is 3.84. The molecule has 0 aliphatic rings. The van der Waals surface area contributed by atoms with E-state index in [0.717, 1.165) is 0 Å². The molecule has 2 aromatic heterocycles. The van der Waals surface area contributed by atoms with E-state index in [-0.39, 0.29) is 22.5 Å². The lowest BCUT2D eigenvalue weighted by molar-refractivity contribution is -0.160. The minimum absolute atomic E-state index is 0.0966. The van der Waals surface area contributed by atoms with Gasteiger partial charge in [0.05, 0.1) is 11.1 Å². The molecule has 0 bridgehead atoms. The number of aliphatic hydroxyl groups excluding tert-OH is 2. The van der Waals surface area contributed by atoms with Crippen molar-refractivity contribution in [2.24, 2.45) is 5.41 Å². The van der Waals surface area contributed by atoms with Gasteiger partial charge in [0.1, 0.15) is 38.5 Å². The van der Waals surface area contributed by atoms with Gasteiger partial charge in [-0.1, -0.05) is 5.46 Å². The quantitative estimate of drug-likeness (QED) is 0.327. The van der Waals surface area contributed by atoms with Crippen LogP contribution >= 0.6 is 0 Å². The molecule has 4 N–H and O–H groups in total. The van der Waals surface area contributed by atoms with Crippen LogP contribution in [0, 0.1) is 16.9 Å². The molecule has 0 spiro atoms. The van der Waals surface area contributed by atoms with Crippen LogP contribution in [0.15, 0.2) is 12.4 Å². The van der Waals surface area contributed by atoms with Crippen molar-refractivity contribution in [3.63, 3.8) is 0 Å². The summed E-state index contributed by atoms with van der Waals surface area (Å²) in [5, 5.41) is 33.8. The van der Waals surface area contributed by atoms with Gasteiger partial charge in [0.25, 0.3) is 6.26 Å². The number of rotatable bonds is 6. The van der Waals surface area contributed by atoms with Gasteiger partial charge in [-0.2, -0.15) is 10.4 Å². The van der Waals surface area contributed by atoms with Crippen molar-refractivity contribution in [3.05, 3.63) is 18.1 Å². The number of anilines is 1. The van der Waals surface area contributed by atoms with Crippen LogP contribution in [0.3, 0.4) is 0 Å². The number of nitrogens with two attached hydrogens (primary N) is 1. The molecule has 2 heterocycles.